The molecular formula is C17H21N3O. The fourth-order valence-corrected chi connectivity index (χ4v) is 2.36. The van der Waals surface area contributed by atoms with Crippen LogP contribution in [-0.4, -0.2) is 18.3 Å². The Kier molecular flexibility index (Phi) is 5.02. The summed E-state index contributed by atoms with van der Waals surface area (Å²) in [5.41, 5.74) is 5.32. The molecule has 0 aliphatic heterocycles. The van der Waals surface area contributed by atoms with Crippen molar-refractivity contribution in [1.29, 1.82) is 5.26 Å². The minimum absolute atomic E-state index is 0.692. The quantitative estimate of drug-likeness (QED) is 0.886. The summed E-state index contributed by atoms with van der Waals surface area (Å²) in [5, 5.41) is 12.5. The molecule has 1 N–H and O–H groups in total. The Morgan fingerprint density at radius 2 is 2.05 bits per heavy atom. The molecule has 0 saturated carbocycles. The number of nitriles is 1. The molecule has 0 fully saturated rings. The molecule has 1 heterocycles. The van der Waals surface area contributed by atoms with E-state index in [9.17, 15) is 0 Å². The summed E-state index contributed by atoms with van der Waals surface area (Å²) in [6.45, 7) is 3.46. The first-order valence-corrected chi connectivity index (χ1v) is 7.03. The Hall–Kier alpha value is -2.25. The molecule has 0 aliphatic carbocycles. The topological polar surface area (TPSA) is 50.0 Å². The molecule has 1 aromatic carbocycles. The van der Waals surface area contributed by atoms with E-state index in [1.165, 1.54) is 5.56 Å². The fourth-order valence-electron chi connectivity index (χ4n) is 2.36. The first-order chi connectivity index (χ1) is 10.2. The van der Waals surface area contributed by atoms with Gasteiger partial charge in [-0.3, -0.25) is 0 Å². The molecule has 2 aromatic rings. The average Bonchev–Trinajstić information content (AvgIpc) is 2.79. The second kappa shape index (κ2) is 6.96. The number of methoxy groups -OCH3 is 1. The van der Waals surface area contributed by atoms with Crippen molar-refractivity contribution in [2.75, 3.05) is 19.0 Å². The fraction of sp³-hybridized carbons (Fsp3) is 0.353. The van der Waals surface area contributed by atoms with E-state index in [0.717, 1.165) is 23.4 Å². The van der Waals surface area contributed by atoms with Gasteiger partial charge in [-0.1, -0.05) is 18.2 Å². The number of para-hydroxylation sites is 1. The lowest BCUT2D eigenvalue weighted by Crippen LogP contribution is -2.05. The molecule has 0 atom stereocenters. The summed E-state index contributed by atoms with van der Waals surface area (Å²) >= 11 is 0. The molecule has 1 aromatic heterocycles. The van der Waals surface area contributed by atoms with Gasteiger partial charge in [-0.05, 0) is 36.6 Å². The van der Waals surface area contributed by atoms with Crippen LogP contribution in [0.3, 0.4) is 0 Å². The Morgan fingerprint density at radius 3 is 2.71 bits per heavy atom. The summed E-state index contributed by atoms with van der Waals surface area (Å²) in [6, 6.07) is 12.4. The second-order valence-electron chi connectivity index (χ2n) is 5.06. The van der Waals surface area contributed by atoms with E-state index in [4.69, 9.17) is 10.00 Å². The Labute approximate surface area is 126 Å². The molecule has 0 aliphatic rings. The number of hydrogen-bond donors (Lipinski definition) is 1. The molecule has 0 bridgehead atoms. The number of rotatable bonds is 6. The molecule has 4 nitrogen and oxygen atoms in total. The van der Waals surface area contributed by atoms with Crippen LogP contribution in [-0.2, 0) is 24.8 Å². The van der Waals surface area contributed by atoms with Crippen molar-refractivity contribution >= 4 is 5.69 Å². The number of hydrogen-bond acceptors (Lipinski definition) is 3. The zero-order valence-electron chi connectivity index (χ0n) is 12.8. The van der Waals surface area contributed by atoms with E-state index in [-0.39, 0.29) is 0 Å². The number of nitrogens with one attached hydrogen (secondary N) is 1. The van der Waals surface area contributed by atoms with E-state index >= 15 is 0 Å². The molecule has 21 heavy (non-hydrogen) atoms. The Bertz CT molecular complexity index is 653. The third kappa shape index (κ3) is 3.45. The monoisotopic (exact) mass is 283 g/mol. The van der Waals surface area contributed by atoms with Crippen LogP contribution in [0.4, 0.5) is 5.69 Å². The van der Waals surface area contributed by atoms with Crippen molar-refractivity contribution in [1.82, 2.24) is 4.57 Å². The van der Waals surface area contributed by atoms with E-state index in [0.29, 0.717) is 18.8 Å². The molecule has 0 unspecified atom stereocenters. The predicted molar refractivity (Wildman–Crippen MR) is 84.2 cm³/mol. The van der Waals surface area contributed by atoms with Gasteiger partial charge in [0.2, 0.25) is 0 Å². The van der Waals surface area contributed by atoms with E-state index < -0.39 is 0 Å². The molecule has 4 heteroatoms. The normalized spacial score (nSPS) is 10.4. The minimum atomic E-state index is 0.692. The van der Waals surface area contributed by atoms with Crippen molar-refractivity contribution in [2.24, 2.45) is 7.05 Å². The van der Waals surface area contributed by atoms with E-state index in [2.05, 4.69) is 23.5 Å². The van der Waals surface area contributed by atoms with Crippen LogP contribution < -0.4 is 5.32 Å². The second-order valence-corrected chi connectivity index (χ2v) is 5.06. The molecule has 0 saturated heterocycles. The highest BCUT2D eigenvalue weighted by Crippen LogP contribution is 2.19. The number of aromatic nitrogens is 1. The highest BCUT2D eigenvalue weighted by Gasteiger charge is 2.09. The molecule has 0 amide bonds. The molecule has 110 valence electrons. The Morgan fingerprint density at radius 1 is 1.29 bits per heavy atom. The van der Waals surface area contributed by atoms with Crippen LogP contribution in [0.25, 0.3) is 0 Å². The highest BCUT2D eigenvalue weighted by molar-refractivity contribution is 5.52. The third-order valence-electron chi connectivity index (χ3n) is 3.82. The number of benzene rings is 1. The summed E-state index contributed by atoms with van der Waals surface area (Å²) < 4.78 is 7.07. The summed E-state index contributed by atoms with van der Waals surface area (Å²) in [7, 11) is 3.64. The third-order valence-corrected chi connectivity index (χ3v) is 3.82. The van der Waals surface area contributed by atoms with Gasteiger partial charge in [0, 0.05) is 32.1 Å². The van der Waals surface area contributed by atoms with Gasteiger partial charge in [0.15, 0.2) is 0 Å². The summed E-state index contributed by atoms with van der Waals surface area (Å²) in [6.07, 6.45) is 0.886. The maximum Gasteiger partial charge on any atom is 0.120 e. The zero-order chi connectivity index (χ0) is 15.2. The summed E-state index contributed by atoms with van der Waals surface area (Å²) in [5.74, 6) is 0. The van der Waals surface area contributed by atoms with Gasteiger partial charge < -0.3 is 14.6 Å². The lowest BCUT2D eigenvalue weighted by Gasteiger charge is -2.12. The first-order valence-electron chi connectivity index (χ1n) is 7.03. The lowest BCUT2D eigenvalue weighted by atomic mass is 10.1. The smallest absolute Gasteiger partial charge is 0.120 e. The van der Waals surface area contributed by atoms with Crippen LogP contribution in [0.5, 0.6) is 0 Å². The van der Waals surface area contributed by atoms with Gasteiger partial charge in [-0.15, -0.1) is 0 Å². The van der Waals surface area contributed by atoms with Crippen molar-refractivity contribution in [2.45, 2.75) is 19.9 Å². The van der Waals surface area contributed by atoms with Gasteiger partial charge in [-0.2, -0.15) is 5.26 Å². The highest BCUT2D eigenvalue weighted by atomic mass is 16.5. The van der Waals surface area contributed by atoms with Crippen LogP contribution in [0.15, 0.2) is 30.3 Å². The SMILES string of the molecule is COCCc1ccccc1NCc1cc(C#N)n(C)c1C. The van der Waals surface area contributed by atoms with Crippen LogP contribution in [0.1, 0.15) is 22.5 Å². The molecular weight excluding hydrogens is 262 g/mol. The molecule has 0 spiro atoms. The number of nitrogens with zero attached hydrogens (tertiary/aromatic N) is 2. The van der Waals surface area contributed by atoms with Crippen molar-refractivity contribution in [3.63, 3.8) is 0 Å². The van der Waals surface area contributed by atoms with Gasteiger partial charge in [0.25, 0.3) is 0 Å². The predicted octanol–water partition coefficient (Wildman–Crippen LogP) is 3.01. The summed E-state index contributed by atoms with van der Waals surface area (Å²) in [4.78, 5) is 0. The number of ether oxygens (including phenoxy) is 1. The largest absolute Gasteiger partial charge is 0.384 e. The van der Waals surface area contributed by atoms with Crippen LogP contribution >= 0.6 is 0 Å². The van der Waals surface area contributed by atoms with Gasteiger partial charge >= 0.3 is 0 Å². The van der Waals surface area contributed by atoms with Gasteiger partial charge in [0.1, 0.15) is 11.8 Å². The standard InChI is InChI=1S/C17H21N3O/c1-13-15(10-16(11-18)20(13)2)12-19-17-7-5-4-6-14(17)8-9-21-3/h4-7,10,19H,8-9,12H2,1-3H3. The van der Waals surface area contributed by atoms with Crippen molar-refractivity contribution in [3.05, 3.63) is 52.8 Å². The zero-order valence-corrected chi connectivity index (χ0v) is 12.8. The number of anilines is 1. The Balaban J connectivity index is 2.12. The van der Waals surface area contributed by atoms with Crippen LogP contribution in [0, 0.1) is 18.3 Å². The molecule has 0 radical (unpaired) electrons. The van der Waals surface area contributed by atoms with Gasteiger partial charge in [-0.25, -0.2) is 0 Å². The minimum Gasteiger partial charge on any atom is -0.384 e. The molecule has 2 rings (SSSR count). The van der Waals surface area contributed by atoms with E-state index in [1.54, 1.807) is 7.11 Å². The maximum atomic E-state index is 9.08. The first kappa shape index (κ1) is 15.1. The lowest BCUT2D eigenvalue weighted by molar-refractivity contribution is 0.202. The van der Waals surface area contributed by atoms with Gasteiger partial charge in [0.05, 0.1) is 6.61 Å². The van der Waals surface area contributed by atoms with Crippen LogP contribution in [0.2, 0.25) is 0 Å². The van der Waals surface area contributed by atoms with Crippen molar-refractivity contribution in [3.8, 4) is 6.07 Å². The van der Waals surface area contributed by atoms with Crippen molar-refractivity contribution < 1.29 is 4.74 Å². The maximum absolute atomic E-state index is 9.08. The average molecular weight is 283 g/mol. The van der Waals surface area contributed by atoms with E-state index in [1.807, 2.05) is 36.7 Å².